The van der Waals surface area contributed by atoms with Gasteiger partial charge in [0.2, 0.25) is 0 Å². The Morgan fingerprint density at radius 1 is 1.20 bits per heavy atom. The summed E-state index contributed by atoms with van der Waals surface area (Å²) in [4.78, 5) is 2.68. The molecule has 0 aliphatic carbocycles. The predicted molar refractivity (Wildman–Crippen MR) is 86.9 cm³/mol. The van der Waals surface area contributed by atoms with Crippen LogP contribution in [-0.4, -0.2) is 31.1 Å². The Morgan fingerprint density at radius 2 is 1.95 bits per heavy atom. The van der Waals surface area contributed by atoms with Crippen molar-refractivity contribution in [2.75, 3.05) is 20.1 Å². The lowest BCUT2D eigenvalue weighted by molar-refractivity contribution is 0.176. The Kier molecular flexibility index (Phi) is 6.06. The molecule has 2 nitrogen and oxygen atoms in total. The number of likely N-dealkylation sites (N-methyl/N-ethyl adjacent to an activating group) is 1. The second-order valence-corrected chi connectivity index (χ2v) is 6.16. The van der Waals surface area contributed by atoms with E-state index in [-0.39, 0.29) is 0 Å². The normalized spacial score (nSPS) is 24.1. The van der Waals surface area contributed by atoms with Crippen LogP contribution >= 0.6 is 0 Å². The van der Waals surface area contributed by atoms with Crippen LogP contribution in [0.4, 0.5) is 0 Å². The van der Waals surface area contributed by atoms with Gasteiger partial charge in [-0.1, -0.05) is 43.7 Å². The van der Waals surface area contributed by atoms with Gasteiger partial charge in [0.1, 0.15) is 0 Å². The summed E-state index contributed by atoms with van der Waals surface area (Å²) in [5, 5.41) is 3.52. The maximum atomic E-state index is 3.52. The quantitative estimate of drug-likeness (QED) is 0.877. The Bertz CT molecular complexity index is 376. The van der Waals surface area contributed by atoms with Crippen LogP contribution in [0.15, 0.2) is 30.3 Å². The van der Waals surface area contributed by atoms with Crippen LogP contribution in [0.1, 0.15) is 51.1 Å². The van der Waals surface area contributed by atoms with Gasteiger partial charge in [0, 0.05) is 12.1 Å². The molecular formula is C18H30N2. The summed E-state index contributed by atoms with van der Waals surface area (Å²) < 4.78 is 0. The third-order valence-electron chi connectivity index (χ3n) is 4.99. The van der Waals surface area contributed by atoms with Crippen LogP contribution in [-0.2, 0) is 0 Å². The minimum Gasteiger partial charge on any atom is -0.312 e. The van der Waals surface area contributed by atoms with E-state index >= 15 is 0 Å². The van der Waals surface area contributed by atoms with E-state index in [1.807, 2.05) is 0 Å². The summed E-state index contributed by atoms with van der Waals surface area (Å²) >= 11 is 0. The van der Waals surface area contributed by atoms with Gasteiger partial charge in [0.15, 0.2) is 0 Å². The van der Waals surface area contributed by atoms with E-state index in [2.05, 4.69) is 61.4 Å². The third-order valence-corrected chi connectivity index (χ3v) is 4.99. The number of nitrogens with zero attached hydrogens (tertiary/aromatic N) is 1. The summed E-state index contributed by atoms with van der Waals surface area (Å²) in [6.45, 7) is 7.22. The van der Waals surface area contributed by atoms with Crippen molar-refractivity contribution in [2.45, 2.75) is 51.6 Å². The van der Waals surface area contributed by atoms with Crippen LogP contribution in [0.5, 0.6) is 0 Å². The van der Waals surface area contributed by atoms with Crippen molar-refractivity contribution in [3.8, 4) is 0 Å². The Labute approximate surface area is 124 Å². The van der Waals surface area contributed by atoms with E-state index in [4.69, 9.17) is 0 Å². The van der Waals surface area contributed by atoms with E-state index < -0.39 is 0 Å². The van der Waals surface area contributed by atoms with Gasteiger partial charge in [-0.3, -0.25) is 4.90 Å². The van der Waals surface area contributed by atoms with Gasteiger partial charge in [0.05, 0.1) is 0 Å². The van der Waals surface area contributed by atoms with Crippen molar-refractivity contribution in [3.05, 3.63) is 35.9 Å². The molecule has 0 spiro atoms. The van der Waals surface area contributed by atoms with Gasteiger partial charge < -0.3 is 5.32 Å². The highest BCUT2D eigenvalue weighted by Gasteiger charge is 2.25. The van der Waals surface area contributed by atoms with Crippen molar-refractivity contribution in [1.82, 2.24) is 10.2 Å². The summed E-state index contributed by atoms with van der Waals surface area (Å²) in [5.41, 5.74) is 1.40. The first-order chi connectivity index (χ1) is 9.76. The molecule has 1 saturated heterocycles. The molecule has 1 aliphatic rings. The van der Waals surface area contributed by atoms with E-state index in [0.717, 1.165) is 5.92 Å². The SMILES string of the molecule is CCC1CCCN(C(C)C(NC)c2ccccc2)CC1. The Hall–Kier alpha value is -0.860. The van der Waals surface area contributed by atoms with Crippen LogP contribution < -0.4 is 5.32 Å². The molecule has 112 valence electrons. The van der Waals surface area contributed by atoms with Crippen LogP contribution in [0.25, 0.3) is 0 Å². The maximum absolute atomic E-state index is 3.52. The van der Waals surface area contributed by atoms with Crippen molar-refractivity contribution in [3.63, 3.8) is 0 Å². The largest absolute Gasteiger partial charge is 0.312 e. The first-order valence-corrected chi connectivity index (χ1v) is 8.22. The zero-order valence-electron chi connectivity index (χ0n) is 13.3. The number of rotatable bonds is 5. The molecule has 3 unspecified atom stereocenters. The van der Waals surface area contributed by atoms with Gasteiger partial charge in [0.25, 0.3) is 0 Å². The van der Waals surface area contributed by atoms with Gasteiger partial charge in [-0.2, -0.15) is 0 Å². The summed E-state index contributed by atoms with van der Waals surface area (Å²) in [6.07, 6.45) is 5.48. The molecule has 0 amide bonds. The fourth-order valence-corrected chi connectivity index (χ4v) is 3.56. The zero-order chi connectivity index (χ0) is 14.4. The van der Waals surface area contributed by atoms with Gasteiger partial charge in [-0.15, -0.1) is 0 Å². The Morgan fingerprint density at radius 3 is 2.60 bits per heavy atom. The molecule has 0 bridgehead atoms. The van der Waals surface area contributed by atoms with E-state index in [1.54, 1.807) is 0 Å². The van der Waals surface area contributed by atoms with Crippen molar-refractivity contribution in [1.29, 1.82) is 0 Å². The molecule has 0 saturated carbocycles. The smallest absolute Gasteiger partial charge is 0.0473 e. The van der Waals surface area contributed by atoms with Crippen molar-refractivity contribution >= 4 is 0 Å². The molecule has 20 heavy (non-hydrogen) atoms. The summed E-state index contributed by atoms with van der Waals surface area (Å²) in [5.74, 6) is 0.942. The fourth-order valence-electron chi connectivity index (χ4n) is 3.56. The average Bonchev–Trinajstić information content (AvgIpc) is 2.74. The van der Waals surface area contributed by atoms with Crippen LogP contribution in [0.3, 0.4) is 0 Å². The molecular weight excluding hydrogens is 244 g/mol. The molecule has 1 fully saturated rings. The van der Waals surface area contributed by atoms with E-state index in [0.29, 0.717) is 12.1 Å². The average molecular weight is 274 g/mol. The molecule has 1 aromatic rings. The lowest BCUT2D eigenvalue weighted by Crippen LogP contribution is -2.42. The van der Waals surface area contributed by atoms with Crippen molar-refractivity contribution < 1.29 is 0 Å². The number of benzene rings is 1. The molecule has 3 atom stereocenters. The van der Waals surface area contributed by atoms with Gasteiger partial charge >= 0.3 is 0 Å². The fraction of sp³-hybridized carbons (Fsp3) is 0.667. The molecule has 1 aliphatic heterocycles. The lowest BCUT2D eigenvalue weighted by Gasteiger charge is -2.34. The van der Waals surface area contributed by atoms with E-state index in [1.165, 1.54) is 44.3 Å². The number of hydrogen-bond acceptors (Lipinski definition) is 2. The maximum Gasteiger partial charge on any atom is 0.0473 e. The highest BCUT2D eigenvalue weighted by Crippen LogP contribution is 2.26. The molecule has 2 rings (SSSR count). The molecule has 1 heterocycles. The predicted octanol–water partition coefficient (Wildman–Crippen LogP) is 3.85. The number of likely N-dealkylation sites (tertiary alicyclic amines) is 1. The third kappa shape index (κ3) is 3.83. The van der Waals surface area contributed by atoms with Gasteiger partial charge in [-0.05, 0) is 57.8 Å². The first kappa shape index (κ1) is 15.5. The molecule has 0 radical (unpaired) electrons. The highest BCUT2D eigenvalue weighted by molar-refractivity contribution is 5.20. The standard InChI is InChI=1S/C18H30N2/c1-4-16-9-8-13-20(14-12-16)15(2)18(19-3)17-10-6-5-7-11-17/h5-7,10-11,15-16,18-19H,4,8-9,12-14H2,1-3H3. The van der Waals surface area contributed by atoms with Crippen molar-refractivity contribution in [2.24, 2.45) is 5.92 Å². The highest BCUT2D eigenvalue weighted by atomic mass is 15.2. The number of hydrogen-bond donors (Lipinski definition) is 1. The summed E-state index contributed by atoms with van der Waals surface area (Å²) in [7, 11) is 2.08. The molecule has 1 N–H and O–H groups in total. The second-order valence-electron chi connectivity index (χ2n) is 6.16. The second kappa shape index (κ2) is 7.80. The zero-order valence-corrected chi connectivity index (χ0v) is 13.3. The lowest BCUT2D eigenvalue weighted by atomic mass is 9.98. The topological polar surface area (TPSA) is 15.3 Å². The minimum absolute atomic E-state index is 0.425. The summed E-state index contributed by atoms with van der Waals surface area (Å²) in [6, 6.07) is 11.8. The molecule has 2 heteroatoms. The monoisotopic (exact) mass is 274 g/mol. The van der Waals surface area contributed by atoms with E-state index in [9.17, 15) is 0 Å². The van der Waals surface area contributed by atoms with Crippen LogP contribution in [0, 0.1) is 5.92 Å². The first-order valence-electron chi connectivity index (χ1n) is 8.22. The number of nitrogens with one attached hydrogen (secondary N) is 1. The van der Waals surface area contributed by atoms with Crippen LogP contribution in [0.2, 0.25) is 0 Å². The Balaban J connectivity index is 2.03. The minimum atomic E-state index is 0.425. The van der Waals surface area contributed by atoms with Gasteiger partial charge in [-0.25, -0.2) is 0 Å². The molecule has 0 aromatic heterocycles. The molecule has 1 aromatic carbocycles.